The third-order valence-electron chi connectivity index (χ3n) is 5.34. The Labute approximate surface area is 223 Å². The predicted octanol–water partition coefficient (Wildman–Crippen LogP) is 7.78. The molecular formula is C29H22BrClN2O3. The van der Waals surface area contributed by atoms with Crippen molar-refractivity contribution in [3.63, 3.8) is 0 Å². The SMILES string of the molecule is CCOc1cc(/C=C(\C#N)C(=O)Nc2ccc(Cl)cc2)c(Br)cc1OCc1ccc2ccccc2c1. The number of nitrogens with zero attached hydrogens (tertiary/aromatic N) is 1. The Hall–Kier alpha value is -3.79. The van der Waals surface area contributed by atoms with Gasteiger partial charge in [-0.3, -0.25) is 4.79 Å². The summed E-state index contributed by atoms with van der Waals surface area (Å²) < 4.78 is 12.6. The highest BCUT2D eigenvalue weighted by Crippen LogP contribution is 2.35. The molecular weight excluding hydrogens is 540 g/mol. The van der Waals surface area contributed by atoms with Crippen LogP contribution in [0.4, 0.5) is 5.69 Å². The number of nitrogens with one attached hydrogen (secondary N) is 1. The van der Waals surface area contributed by atoms with Crippen LogP contribution in [0, 0.1) is 11.3 Å². The first-order valence-electron chi connectivity index (χ1n) is 11.2. The van der Waals surface area contributed by atoms with Crippen LogP contribution in [0.25, 0.3) is 16.8 Å². The summed E-state index contributed by atoms with van der Waals surface area (Å²) in [7, 11) is 0. The minimum atomic E-state index is -0.527. The zero-order valence-corrected chi connectivity index (χ0v) is 21.8. The second-order valence-corrected chi connectivity index (χ2v) is 9.15. The normalized spacial score (nSPS) is 11.1. The number of rotatable bonds is 8. The molecule has 0 aliphatic rings. The van der Waals surface area contributed by atoms with E-state index in [1.165, 1.54) is 11.5 Å². The molecule has 0 fully saturated rings. The molecule has 0 aliphatic heterocycles. The number of anilines is 1. The molecule has 0 atom stereocenters. The number of carbonyl (C=O) groups is 1. The average Bonchev–Trinajstić information content (AvgIpc) is 2.89. The molecule has 5 nitrogen and oxygen atoms in total. The van der Waals surface area contributed by atoms with Crippen LogP contribution < -0.4 is 14.8 Å². The molecule has 0 unspecified atom stereocenters. The van der Waals surface area contributed by atoms with E-state index in [1.54, 1.807) is 36.4 Å². The van der Waals surface area contributed by atoms with Crippen molar-refractivity contribution in [1.29, 1.82) is 5.26 Å². The highest BCUT2D eigenvalue weighted by molar-refractivity contribution is 9.10. The predicted molar refractivity (Wildman–Crippen MR) is 147 cm³/mol. The van der Waals surface area contributed by atoms with Gasteiger partial charge in [-0.25, -0.2) is 0 Å². The van der Waals surface area contributed by atoms with Crippen molar-refractivity contribution in [2.75, 3.05) is 11.9 Å². The first-order chi connectivity index (χ1) is 17.5. The van der Waals surface area contributed by atoms with E-state index in [0.29, 0.717) is 45.5 Å². The van der Waals surface area contributed by atoms with Gasteiger partial charge in [-0.05, 0) is 77.4 Å². The Morgan fingerprint density at radius 3 is 2.44 bits per heavy atom. The molecule has 0 aliphatic carbocycles. The Bertz CT molecular complexity index is 1480. The summed E-state index contributed by atoms with van der Waals surface area (Å²) in [6, 6.07) is 26.5. The second-order valence-electron chi connectivity index (χ2n) is 7.85. The van der Waals surface area contributed by atoms with Crippen molar-refractivity contribution in [1.82, 2.24) is 0 Å². The Morgan fingerprint density at radius 2 is 1.72 bits per heavy atom. The quantitative estimate of drug-likeness (QED) is 0.176. The average molecular weight is 562 g/mol. The zero-order valence-electron chi connectivity index (χ0n) is 19.4. The van der Waals surface area contributed by atoms with Crippen molar-refractivity contribution >= 4 is 56.0 Å². The molecule has 0 radical (unpaired) electrons. The van der Waals surface area contributed by atoms with Crippen molar-refractivity contribution in [3.05, 3.63) is 105 Å². The lowest BCUT2D eigenvalue weighted by molar-refractivity contribution is -0.112. The minimum absolute atomic E-state index is 0.0575. The summed E-state index contributed by atoms with van der Waals surface area (Å²) in [5.74, 6) is 0.544. The molecule has 4 aromatic carbocycles. The van der Waals surface area contributed by atoms with Crippen molar-refractivity contribution in [2.45, 2.75) is 13.5 Å². The van der Waals surface area contributed by atoms with E-state index in [-0.39, 0.29) is 5.57 Å². The van der Waals surface area contributed by atoms with Gasteiger partial charge in [0.05, 0.1) is 6.61 Å². The number of amides is 1. The Morgan fingerprint density at radius 1 is 1.00 bits per heavy atom. The van der Waals surface area contributed by atoms with Crippen LogP contribution >= 0.6 is 27.5 Å². The largest absolute Gasteiger partial charge is 0.490 e. The van der Waals surface area contributed by atoms with E-state index in [1.807, 2.05) is 31.2 Å². The van der Waals surface area contributed by atoms with Crippen molar-refractivity contribution < 1.29 is 14.3 Å². The number of fused-ring (bicyclic) bond motifs is 1. The maximum Gasteiger partial charge on any atom is 0.266 e. The summed E-state index contributed by atoms with van der Waals surface area (Å²) in [4.78, 5) is 12.7. The van der Waals surface area contributed by atoms with E-state index in [2.05, 4.69) is 45.5 Å². The van der Waals surface area contributed by atoms with Crippen molar-refractivity contribution in [2.24, 2.45) is 0 Å². The fraction of sp³-hybridized carbons (Fsp3) is 0.103. The van der Waals surface area contributed by atoms with Gasteiger partial charge in [0.15, 0.2) is 11.5 Å². The smallest absolute Gasteiger partial charge is 0.266 e. The van der Waals surface area contributed by atoms with E-state index in [0.717, 1.165) is 10.9 Å². The topological polar surface area (TPSA) is 71.3 Å². The number of benzene rings is 4. The lowest BCUT2D eigenvalue weighted by Crippen LogP contribution is -2.13. The van der Waals surface area contributed by atoms with Crippen molar-refractivity contribution in [3.8, 4) is 17.6 Å². The van der Waals surface area contributed by atoms with Crippen LogP contribution in [-0.4, -0.2) is 12.5 Å². The minimum Gasteiger partial charge on any atom is -0.490 e. The molecule has 0 bridgehead atoms. The summed E-state index contributed by atoms with van der Waals surface area (Å²) >= 11 is 9.43. The first-order valence-corrected chi connectivity index (χ1v) is 12.4. The van der Waals surface area contributed by atoms with E-state index in [4.69, 9.17) is 21.1 Å². The van der Waals surface area contributed by atoms with Crippen LogP contribution in [0.3, 0.4) is 0 Å². The van der Waals surface area contributed by atoms with Gasteiger partial charge in [0.2, 0.25) is 0 Å². The molecule has 180 valence electrons. The molecule has 4 aromatic rings. The van der Waals surface area contributed by atoms with Crippen LogP contribution in [-0.2, 0) is 11.4 Å². The second kappa shape index (κ2) is 11.8. The summed E-state index contributed by atoms with van der Waals surface area (Å²) in [6.07, 6.45) is 1.50. The number of hydrogen-bond donors (Lipinski definition) is 1. The van der Waals surface area contributed by atoms with Crippen LogP contribution in [0.2, 0.25) is 5.02 Å². The molecule has 36 heavy (non-hydrogen) atoms. The molecule has 7 heteroatoms. The lowest BCUT2D eigenvalue weighted by Gasteiger charge is -2.14. The molecule has 0 spiro atoms. The van der Waals surface area contributed by atoms with Crippen LogP contribution in [0.1, 0.15) is 18.1 Å². The summed E-state index contributed by atoms with van der Waals surface area (Å²) in [6.45, 7) is 2.67. The van der Waals surface area contributed by atoms with Gasteiger partial charge in [0.25, 0.3) is 5.91 Å². The van der Waals surface area contributed by atoms with Gasteiger partial charge in [0, 0.05) is 15.2 Å². The highest BCUT2D eigenvalue weighted by Gasteiger charge is 2.14. The van der Waals surface area contributed by atoms with Gasteiger partial charge >= 0.3 is 0 Å². The molecule has 0 heterocycles. The Kier molecular flexibility index (Phi) is 8.27. The Balaban J connectivity index is 1.56. The summed E-state index contributed by atoms with van der Waals surface area (Å²) in [5.41, 5.74) is 2.12. The van der Waals surface area contributed by atoms with E-state index in [9.17, 15) is 10.1 Å². The molecule has 1 N–H and O–H groups in total. The number of halogens is 2. The van der Waals surface area contributed by atoms with E-state index < -0.39 is 5.91 Å². The van der Waals surface area contributed by atoms with E-state index >= 15 is 0 Å². The van der Waals surface area contributed by atoms with Gasteiger partial charge in [-0.1, -0.05) is 63.9 Å². The zero-order chi connectivity index (χ0) is 25.5. The third kappa shape index (κ3) is 6.25. The number of hydrogen-bond acceptors (Lipinski definition) is 4. The first kappa shape index (κ1) is 25.3. The lowest BCUT2D eigenvalue weighted by atomic mass is 10.1. The van der Waals surface area contributed by atoms with Gasteiger partial charge in [0.1, 0.15) is 18.2 Å². The summed E-state index contributed by atoms with van der Waals surface area (Å²) in [5, 5.41) is 15.2. The molecule has 0 saturated carbocycles. The maximum atomic E-state index is 12.7. The van der Waals surface area contributed by atoms with Gasteiger partial charge < -0.3 is 14.8 Å². The van der Waals surface area contributed by atoms with Crippen LogP contribution in [0.5, 0.6) is 11.5 Å². The monoisotopic (exact) mass is 560 g/mol. The number of ether oxygens (including phenoxy) is 2. The molecule has 0 saturated heterocycles. The standard InChI is InChI=1S/C29H22BrClN2O3/c1-2-35-27-15-22(14-23(17-32)29(34)33-25-11-9-24(31)10-12-25)26(30)16-28(27)36-18-19-7-8-20-5-3-4-6-21(20)13-19/h3-16H,2,18H2,1H3,(H,33,34)/b23-14+. The molecule has 4 rings (SSSR count). The fourth-order valence-corrected chi connectivity index (χ4v) is 4.13. The number of nitriles is 1. The molecule has 1 amide bonds. The number of carbonyl (C=O) groups excluding carboxylic acids is 1. The third-order valence-corrected chi connectivity index (χ3v) is 6.28. The fourth-order valence-electron chi connectivity index (χ4n) is 3.57. The van der Waals surface area contributed by atoms with Gasteiger partial charge in [-0.15, -0.1) is 0 Å². The maximum absolute atomic E-state index is 12.7. The molecule has 0 aromatic heterocycles. The van der Waals surface area contributed by atoms with Gasteiger partial charge in [-0.2, -0.15) is 5.26 Å². The highest BCUT2D eigenvalue weighted by atomic mass is 79.9. The van der Waals surface area contributed by atoms with Crippen LogP contribution in [0.15, 0.2) is 88.9 Å².